The predicted octanol–water partition coefficient (Wildman–Crippen LogP) is 3.05. The van der Waals surface area contributed by atoms with Crippen LogP contribution in [-0.4, -0.2) is 29.8 Å². The molecule has 5 heteroatoms. The number of nitrogens with one attached hydrogen (secondary N) is 1. The summed E-state index contributed by atoms with van der Waals surface area (Å²) in [5.74, 6) is -0.295. The molecular formula is C20H21ClN2O2. The van der Waals surface area contributed by atoms with Crippen LogP contribution in [0, 0.1) is 5.92 Å². The zero-order valence-electron chi connectivity index (χ0n) is 14.0. The monoisotopic (exact) mass is 356 g/mol. The smallest absolute Gasteiger partial charge is 0.225 e. The van der Waals surface area contributed by atoms with Gasteiger partial charge in [-0.05, 0) is 29.7 Å². The lowest BCUT2D eigenvalue weighted by molar-refractivity contribution is -0.129. The minimum Gasteiger partial charge on any atom is -0.352 e. The van der Waals surface area contributed by atoms with Crippen LogP contribution in [-0.2, 0) is 22.6 Å². The van der Waals surface area contributed by atoms with Crippen LogP contribution >= 0.6 is 11.6 Å². The second kappa shape index (κ2) is 8.17. The highest BCUT2D eigenvalue weighted by Gasteiger charge is 2.33. The Morgan fingerprint density at radius 1 is 1.12 bits per heavy atom. The number of hydrogen-bond acceptors (Lipinski definition) is 2. The van der Waals surface area contributed by atoms with Crippen LogP contribution in [0.25, 0.3) is 0 Å². The van der Waals surface area contributed by atoms with Crippen molar-refractivity contribution in [2.45, 2.75) is 19.4 Å². The van der Waals surface area contributed by atoms with Gasteiger partial charge in [0.05, 0.1) is 5.92 Å². The van der Waals surface area contributed by atoms with Gasteiger partial charge in [-0.2, -0.15) is 0 Å². The molecule has 1 saturated heterocycles. The highest BCUT2D eigenvalue weighted by Crippen LogP contribution is 2.19. The van der Waals surface area contributed by atoms with Gasteiger partial charge in [0.2, 0.25) is 11.8 Å². The molecule has 1 N–H and O–H groups in total. The summed E-state index contributed by atoms with van der Waals surface area (Å²) < 4.78 is 0. The molecule has 4 nitrogen and oxygen atoms in total. The fourth-order valence-electron chi connectivity index (χ4n) is 3.05. The van der Waals surface area contributed by atoms with E-state index in [1.54, 1.807) is 11.0 Å². The average molecular weight is 357 g/mol. The minimum atomic E-state index is -0.276. The molecule has 2 aromatic rings. The van der Waals surface area contributed by atoms with Gasteiger partial charge in [-0.1, -0.05) is 54.1 Å². The second-order valence-corrected chi connectivity index (χ2v) is 6.76. The molecular weight excluding hydrogens is 336 g/mol. The van der Waals surface area contributed by atoms with Crippen molar-refractivity contribution >= 4 is 23.4 Å². The number of amides is 2. The first-order valence-corrected chi connectivity index (χ1v) is 8.83. The number of likely N-dealkylation sites (tertiary alicyclic amines) is 1. The topological polar surface area (TPSA) is 49.4 Å². The third kappa shape index (κ3) is 4.83. The fraction of sp³-hybridized carbons (Fsp3) is 0.300. The molecule has 25 heavy (non-hydrogen) atoms. The molecule has 1 fully saturated rings. The summed E-state index contributed by atoms with van der Waals surface area (Å²) >= 11 is 5.95. The van der Waals surface area contributed by atoms with Gasteiger partial charge in [-0.15, -0.1) is 0 Å². The van der Waals surface area contributed by atoms with Crippen LogP contribution in [0.4, 0.5) is 0 Å². The predicted molar refractivity (Wildman–Crippen MR) is 98.1 cm³/mol. The lowest BCUT2D eigenvalue weighted by Gasteiger charge is -2.16. The molecule has 130 valence electrons. The number of hydrogen-bond donors (Lipinski definition) is 1. The SMILES string of the molecule is O=C(NCc1cccc(Cl)c1)C1CC(=O)N(CCc2ccccc2)C1. The highest BCUT2D eigenvalue weighted by molar-refractivity contribution is 6.30. The van der Waals surface area contributed by atoms with Crippen molar-refractivity contribution in [2.24, 2.45) is 5.92 Å². The molecule has 1 atom stereocenters. The van der Waals surface area contributed by atoms with Crippen LogP contribution in [0.2, 0.25) is 5.02 Å². The molecule has 1 heterocycles. The quantitative estimate of drug-likeness (QED) is 0.864. The van der Waals surface area contributed by atoms with E-state index in [1.165, 1.54) is 5.56 Å². The van der Waals surface area contributed by atoms with E-state index >= 15 is 0 Å². The van der Waals surface area contributed by atoms with E-state index in [0.717, 1.165) is 12.0 Å². The van der Waals surface area contributed by atoms with Gasteiger partial charge in [0.25, 0.3) is 0 Å². The van der Waals surface area contributed by atoms with Crippen LogP contribution in [0.3, 0.4) is 0 Å². The van der Waals surface area contributed by atoms with Gasteiger partial charge in [-0.25, -0.2) is 0 Å². The van der Waals surface area contributed by atoms with Gasteiger partial charge < -0.3 is 10.2 Å². The average Bonchev–Trinajstić information content (AvgIpc) is 3.00. The van der Waals surface area contributed by atoms with E-state index in [1.807, 2.05) is 36.4 Å². The van der Waals surface area contributed by atoms with Gasteiger partial charge in [0.15, 0.2) is 0 Å². The molecule has 0 aromatic heterocycles. The summed E-state index contributed by atoms with van der Waals surface area (Å²) in [7, 11) is 0. The third-order valence-corrected chi connectivity index (χ3v) is 4.69. The molecule has 0 radical (unpaired) electrons. The van der Waals surface area contributed by atoms with E-state index in [-0.39, 0.29) is 24.2 Å². The Labute approximate surface area is 152 Å². The van der Waals surface area contributed by atoms with Gasteiger partial charge in [0, 0.05) is 31.1 Å². The highest BCUT2D eigenvalue weighted by atomic mass is 35.5. The third-order valence-electron chi connectivity index (χ3n) is 4.45. The van der Waals surface area contributed by atoms with E-state index in [9.17, 15) is 9.59 Å². The molecule has 3 rings (SSSR count). The van der Waals surface area contributed by atoms with Crippen molar-refractivity contribution in [1.29, 1.82) is 0 Å². The molecule has 0 saturated carbocycles. The second-order valence-electron chi connectivity index (χ2n) is 6.32. The van der Waals surface area contributed by atoms with Crippen LogP contribution < -0.4 is 5.32 Å². The summed E-state index contributed by atoms with van der Waals surface area (Å²) in [6.07, 6.45) is 1.10. The molecule has 0 spiro atoms. The Kier molecular flexibility index (Phi) is 5.71. The first kappa shape index (κ1) is 17.5. The molecule has 2 amide bonds. The number of benzene rings is 2. The zero-order valence-corrected chi connectivity index (χ0v) is 14.7. The van der Waals surface area contributed by atoms with Crippen LogP contribution in [0.5, 0.6) is 0 Å². The molecule has 0 bridgehead atoms. The summed E-state index contributed by atoms with van der Waals surface area (Å²) in [4.78, 5) is 26.3. The van der Waals surface area contributed by atoms with Crippen LogP contribution in [0.15, 0.2) is 54.6 Å². The minimum absolute atomic E-state index is 0.0545. The van der Waals surface area contributed by atoms with E-state index in [4.69, 9.17) is 11.6 Å². The fourth-order valence-corrected chi connectivity index (χ4v) is 3.27. The first-order chi connectivity index (χ1) is 12.1. The Morgan fingerprint density at radius 2 is 1.88 bits per heavy atom. The number of halogens is 1. The summed E-state index contributed by atoms with van der Waals surface area (Å²) in [5.41, 5.74) is 2.15. The first-order valence-electron chi connectivity index (χ1n) is 8.45. The molecule has 0 aliphatic carbocycles. The van der Waals surface area contributed by atoms with Gasteiger partial charge in [-0.3, -0.25) is 9.59 Å². The standard InChI is InChI=1S/C20H21ClN2O2/c21-18-8-4-7-16(11-18)13-22-20(25)17-12-19(24)23(14-17)10-9-15-5-2-1-3-6-15/h1-8,11,17H,9-10,12-14H2,(H,22,25). The largest absolute Gasteiger partial charge is 0.352 e. The van der Waals surface area contributed by atoms with Gasteiger partial charge >= 0.3 is 0 Å². The lowest BCUT2D eigenvalue weighted by Crippen LogP contribution is -2.33. The number of carbonyl (C=O) groups is 2. The summed E-state index contributed by atoms with van der Waals surface area (Å²) in [6, 6.07) is 17.5. The molecule has 1 aliphatic heterocycles. The van der Waals surface area contributed by atoms with Crippen molar-refractivity contribution in [2.75, 3.05) is 13.1 Å². The van der Waals surface area contributed by atoms with Gasteiger partial charge in [0.1, 0.15) is 0 Å². The maximum absolute atomic E-state index is 12.3. The Hall–Kier alpha value is -2.33. The van der Waals surface area contributed by atoms with Crippen molar-refractivity contribution in [3.63, 3.8) is 0 Å². The molecule has 2 aromatic carbocycles. The maximum Gasteiger partial charge on any atom is 0.225 e. The lowest BCUT2D eigenvalue weighted by atomic mass is 10.1. The Morgan fingerprint density at radius 3 is 2.64 bits per heavy atom. The summed E-state index contributed by atoms with van der Waals surface area (Å²) in [5, 5.41) is 3.55. The Bertz CT molecular complexity index is 748. The summed E-state index contributed by atoms with van der Waals surface area (Å²) in [6.45, 7) is 1.57. The van der Waals surface area contributed by atoms with E-state index in [0.29, 0.717) is 24.7 Å². The number of carbonyl (C=O) groups excluding carboxylic acids is 2. The zero-order chi connectivity index (χ0) is 17.6. The van der Waals surface area contributed by atoms with Crippen molar-refractivity contribution in [3.05, 3.63) is 70.7 Å². The molecule has 1 aliphatic rings. The van der Waals surface area contributed by atoms with Crippen molar-refractivity contribution < 1.29 is 9.59 Å². The Balaban J connectivity index is 1.48. The van der Waals surface area contributed by atoms with E-state index < -0.39 is 0 Å². The number of nitrogens with zero attached hydrogens (tertiary/aromatic N) is 1. The van der Waals surface area contributed by atoms with Crippen molar-refractivity contribution in [3.8, 4) is 0 Å². The number of rotatable bonds is 6. The molecule has 1 unspecified atom stereocenters. The van der Waals surface area contributed by atoms with Crippen LogP contribution in [0.1, 0.15) is 17.5 Å². The van der Waals surface area contributed by atoms with Crippen molar-refractivity contribution in [1.82, 2.24) is 10.2 Å². The normalized spacial score (nSPS) is 16.9. The maximum atomic E-state index is 12.3. The van der Waals surface area contributed by atoms with E-state index in [2.05, 4.69) is 17.4 Å².